The van der Waals surface area contributed by atoms with Gasteiger partial charge in [-0.1, -0.05) is 68.5 Å². The molecule has 3 aliphatic carbocycles. The van der Waals surface area contributed by atoms with E-state index in [0.29, 0.717) is 5.92 Å². The molecule has 7 atom stereocenters. The van der Waals surface area contributed by atoms with Crippen molar-refractivity contribution in [1.82, 2.24) is 0 Å². The topological polar surface area (TPSA) is 49.7 Å². The first kappa shape index (κ1) is 20.2. The van der Waals surface area contributed by atoms with Crippen LogP contribution in [-0.4, -0.2) is 33.6 Å². The fraction of sp³-hybridized carbons (Fsp3) is 0.467. The van der Waals surface area contributed by atoms with Crippen LogP contribution >= 0.6 is 0 Å². The molecular weight excluding hydrogens is 408 g/mol. The van der Waals surface area contributed by atoms with Gasteiger partial charge in [-0.2, -0.15) is 0 Å². The zero-order valence-corrected chi connectivity index (χ0v) is 19.4. The van der Waals surface area contributed by atoms with Gasteiger partial charge in [-0.05, 0) is 77.1 Å². The van der Waals surface area contributed by atoms with E-state index in [0.717, 1.165) is 37.7 Å². The maximum absolute atomic E-state index is 10.9. The molecule has 33 heavy (non-hydrogen) atoms. The van der Waals surface area contributed by atoms with Crippen LogP contribution in [0.3, 0.4) is 0 Å². The molecule has 0 radical (unpaired) electrons. The number of allylic oxidation sites excluding steroid dienone is 3. The third-order valence-electron chi connectivity index (χ3n) is 9.79. The average Bonchev–Trinajstić information content (AvgIpc) is 3.33. The lowest BCUT2D eigenvalue weighted by atomic mass is 9.58. The minimum Gasteiger partial charge on any atom is -0.390 e. The summed E-state index contributed by atoms with van der Waals surface area (Å²) in [4.78, 5) is 0. The summed E-state index contributed by atoms with van der Waals surface area (Å²) in [5, 5.41) is 24.1. The van der Waals surface area contributed by atoms with Crippen molar-refractivity contribution in [2.45, 2.75) is 69.4 Å². The number of aliphatic hydroxyl groups is 2. The van der Waals surface area contributed by atoms with Crippen molar-refractivity contribution in [3.05, 3.63) is 77.4 Å². The molecule has 1 saturated heterocycles. The van der Waals surface area contributed by atoms with Gasteiger partial charge >= 0.3 is 0 Å². The molecule has 2 fully saturated rings. The molecule has 2 heterocycles. The van der Waals surface area contributed by atoms with Crippen molar-refractivity contribution >= 4 is 16.3 Å². The smallest absolute Gasteiger partial charge is 0.104 e. The molecule has 2 spiro atoms. The third kappa shape index (κ3) is 2.46. The maximum Gasteiger partial charge on any atom is 0.104 e. The number of benzene rings is 2. The third-order valence-corrected chi connectivity index (χ3v) is 9.79. The Morgan fingerprint density at radius 1 is 1.00 bits per heavy atom. The highest BCUT2D eigenvalue weighted by molar-refractivity contribution is 5.87. The number of fused-ring (bicyclic) bond motifs is 2. The Morgan fingerprint density at radius 2 is 1.82 bits per heavy atom. The number of hydrogen-bond donors (Lipinski definition) is 2. The molecule has 0 amide bonds. The Bertz CT molecular complexity index is 1270. The van der Waals surface area contributed by atoms with Gasteiger partial charge in [0, 0.05) is 11.3 Å². The molecule has 2 aromatic carbocycles. The van der Waals surface area contributed by atoms with Crippen molar-refractivity contribution < 1.29 is 14.9 Å². The van der Waals surface area contributed by atoms with E-state index in [4.69, 9.17) is 4.74 Å². The zero-order valence-electron chi connectivity index (χ0n) is 19.4. The van der Waals surface area contributed by atoms with Gasteiger partial charge in [0.2, 0.25) is 0 Å². The van der Waals surface area contributed by atoms with Gasteiger partial charge in [0.1, 0.15) is 6.10 Å². The SMILES string of the molecule is C[C@H]1C[C@@]23CC[C@@]4(O2)C(=CC[C@]2(C)C(c5ccc6ccccc6c5)=CC[C@H]24)C=C3[C@@H](O)[C@@H]1O. The molecule has 3 heteroatoms. The van der Waals surface area contributed by atoms with E-state index in [1.54, 1.807) is 0 Å². The van der Waals surface area contributed by atoms with Gasteiger partial charge in [0.15, 0.2) is 0 Å². The monoisotopic (exact) mass is 440 g/mol. The second kappa shape index (κ2) is 6.47. The number of aliphatic hydroxyl groups excluding tert-OH is 2. The minimum absolute atomic E-state index is 0.0290. The van der Waals surface area contributed by atoms with Crippen LogP contribution in [0.15, 0.2) is 71.8 Å². The second-order valence-electron chi connectivity index (χ2n) is 11.5. The summed E-state index contributed by atoms with van der Waals surface area (Å²) in [5.41, 5.74) is 4.26. The molecule has 2 aliphatic heterocycles. The van der Waals surface area contributed by atoms with Crippen LogP contribution in [-0.2, 0) is 4.74 Å². The first-order chi connectivity index (χ1) is 15.9. The van der Waals surface area contributed by atoms with Crippen LogP contribution in [0.4, 0.5) is 0 Å². The largest absolute Gasteiger partial charge is 0.390 e. The van der Waals surface area contributed by atoms with Crippen molar-refractivity contribution in [3.8, 4) is 0 Å². The first-order valence-corrected chi connectivity index (χ1v) is 12.6. The lowest BCUT2D eigenvalue weighted by Gasteiger charge is -2.55. The summed E-state index contributed by atoms with van der Waals surface area (Å²) in [6.07, 6.45) is 10.2. The molecule has 0 unspecified atom stereocenters. The van der Waals surface area contributed by atoms with E-state index in [-0.39, 0.29) is 16.9 Å². The van der Waals surface area contributed by atoms with Crippen molar-refractivity contribution in [1.29, 1.82) is 0 Å². The number of rotatable bonds is 1. The molecule has 0 aromatic heterocycles. The molecule has 7 rings (SSSR count). The van der Waals surface area contributed by atoms with Crippen LogP contribution in [0.1, 0.15) is 51.5 Å². The Morgan fingerprint density at radius 3 is 2.67 bits per heavy atom. The van der Waals surface area contributed by atoms with Gasteiger partial charge in [0.25, 0.3) is 0 Å². The highest BCUT2D eigenvalue weighted by Gasteiger charge is 2.66. The molecule has 2 aromatic rings. The summed E-state index contributed by atoms with van der Waals surface area (Å²) < 4.78 is 7.16. The summed E-state index contributed by atoms with van der Waals surface area (Å²) >= 11 is 0. The number of ether oxygens (including phenoxy) is 1. The van der Waals surface area contributed by atoms with Gasteiger partial charge in [0.05, 0.1) is 17.3 Å². The summed E-state index contributed by atoms with van der Waals surface area (Å²) in [6, 6.07) is 15.5. The van der Waals surface area contributed by atoms with Gasteiger partial charge in [-0.25, -0.2) is 0 Å². The highest BCUT2D eigenvalue weighted by Crippen LogP contribution is 2.67. The Labute approximate surface area is 195 Å². The quantitative estimate of drug-likeness (QED) is 0.610. The zero-order chi connectivity index (χ0) is 22.6. The fourth-order valence-corrected chi connectivity index (χ4v) is 8.10. The van der Waals surface area contributed by atoms with Crippen molar-refractivity contribution in [2.75, 3.05) is 0 Å². The average molecular weight is 441 g/mol. The van der Waals surface area contributed by atoms with Crippen molar-refractivity contribution in [3.63, 3.8) is 0 Å². The van der Waals surface area contributed by atoms with Gasteiger partial charge < -0.3 is 14.9 Å². The molecule has 5 aliphatic rings. The van der Waals surface area contributed by atoms with Crippen LogP contribution in [0.2, 0.25) is 0 Å². The van der Waals surface area contributed by atoms with Gasteiger partial charge in [-0.15, -0.1) is 0 Å². The van der Waals surface area contributed by atoms with E-state index in [1.165, 1.54) is 27.5 Å². The van der Waals surface area contributed by atoms with Gasteiger partial charge in [-0.3, -0.25) is 0 Å². The predicted octanol–water partition coefficient (Wildman–Crippen LogP) is 5.57. The lowest BCUT2D eigenvalue weighted by Crippen LogP contribution is -2.57. The van der Waals surface area contributed by atoms with E-state index in [9.17, 15) is 10.2 Å². The maximum atomic E-state index is 10.9. The van der Waals surface area contributed by atoms with Crippen LogP contribution in [0.25, 0.3) is 16.3 Å². The Kier molecular flexibility index (Phi) is 3.96. The predicted molar refractivity (Wildman–Crippen MR) is 130 cm³/mol. The fourth-order valence-electron chi connectivity index (χ4n) is 8.10. The van der Waals surface area contributed by atoms with Crippen LogP contribution in [0, 0.1) is 17.3 Å². The molecular formula is C30H32O3. The lowest BCUT2D eigenvalue weighted by molar-refractivity contribution is -0.158. The van der Waals surface area contributed by atoms with E-state index < -0.39 is 17.8 Å². The molecule has 2 bridgehead atoms. The summed E-state index contributed by atoms with van der Waals surface area (Å²) in [5.74, 6) is 0.422. The van der Waals surface area contributed by atoms with Crippen LogP contribution in [0.5, 0.6) is 0 Å². The molecule has 2 N–H and O–H groups in total. The molecule has 170 valence electrons. The van der Waals surface area contributed by atoms with E-state index >= 15 is 0 Å². The normalized spacial score (nSPS) is 43.3. The Hall–Kier alpha value is -2.20. The molecule has 1 saturated carbocycles. The second-order valence-corrected chi connectivity index (χ2v) is 11.5. The minimum atomic E-state index is -0.825. The standard InChI is InChI=1S/C30H32O3/c1-18-17-29-13-14-30(33-29)22(16-24(29)27(32)26(18)31)11-12-28(2)23(9-10-25(28)30)21-8-7-19-5-3-4-6-20(19)15-21/h3-9,11,15-16,18,25-27,31-32H,10,12-14,17H2,1-2H3/t18-,25+,26+,27+,28+,29+,30+/m0/s1. The van der Waals surface area contributed by atoms with Crippen LogP contribution < -0.4 is 0 Å². The summed E-state index contributed by atoms with van der Waals surface area (Å²) in [7, 11) is 0. The Balaban J connectivity index is 1.32. The van der Waals surface area contributed by atoms with E-state index in [1.807, 2.05) is 6.92 Å². The summed E-state index contributed by atoms with van der Waals surface area (Å²) in [6.45, 7) is 4.47. The molecule has 3 nitrogen and oxygen atoms in total. The number of hydrogen-bond acceptors (Lipinski definition) is 3. The van der Waals surface area contributed by atoms with E-state index in [2.05, 4.69) is 67.6 Å². The first-order valence-electron chi connectivity index (χ1n) is 12.6. The van der Waals surface area contributed by atoms with Crippen molar-refractivity contribution in [2.24, 2.45) is 17.3 Å². The highest BCUT2D eigenvalue weighted by atomic mass is 16.5.